The lowest BCUT2D eigenvalue weighted by atomic mass is 10.0. The molecule has 1 aliphatic rings. The van der Waals surface area contributed by atoms with Gasteiger partial charge in [0.2, 0.25) is 10.0 Å². The summed E-state index contributed by atoms with van der Waals surface area (Å²) in [6.45, 7) is 3.11. The summed E-state index contributed by atoms with van der Waals surface area (Å²) in [5, 5.41) is 0. The van der Waals surface area contributed by atoms with Crippen LogP contribution in [0, 0.1) is 11.7 Å². The zero-order valence-electron chi connectivity index (χ0n) is 10.3. The molecule has 0 radical (unpaired) electrons. The zero-order valence-corrected chi connectivity index (χ0v) is 11.1. The highest BCUT2D eigenvalue weighted by molar-refractivity contribution is 7.89. The van der Waals surface area contributed by atoms with Crippen LogP contribution in [0.2, 0.25) is 0 Å². The number of nitrogens with zero attached hydrogens (tertiary/aromatic N) is 1. The van der Waals surface area contributed by atoms with Crippen molar-refractivity contribution in [2.24, 2.45) is 5.92 Å². The van der Waals surface area contributed by atoms with Crippen LogP contribution in [-0.2, 0) is 10.0 Å². The normalized spacial score (nSPS) is 19.0. The molecule has 100 valence electrons. The Morgan fingerprint density at radius 2 is 1.94 bits per heavy atom. The lowest BCUT2D eigenvalue weighted by Crippen LogP contribution is -2.38. The number of nitrogen functional groups attached to an aromatic ring is 1. The minimum absolute atomic E-state index is 0.00143. The predicted octanol–water partition coefficient (Wildman–Crippen LogP) is 1.83. The number of sulfonamides is 1. The van der Waals surface area contributed by atoms with E-state index in [-0.39, 0.29) is 10.6 Å². The standard InChI is InChI=1S/C12H17FN2O2S/c1-9-4-6-15(7-5-9)18(16,17)12-3-2-10(13)8-11(12)14/h2-3,8-9H,4-7,14H2,1H3. The molecule has 1 aromatic rings. The molecule has 0 aliphatic carbocycles. The van der Waals surface area contributed by atoms with E-state index in [1.807, 2.05) is 0 Å². The number of hydrogen-bond acceptors (Lipinski definition) is 3. The van der Waals surface area contributed by atoms with Crippen molar-refractivity contribution in [3.63, 3.8) is 0 Å². The Morgan fingerprint density at radius 3 is 2.50 bits per heavy atom. The Hall–Kier alpha value is -1.14. The predicted molar refractivity (Wildman–Crippen MR) is 68.0 cm³/mol. The van der Waals surface area contributed by atoms with Gasteiger partial charge in [0, 0.05) is 13.1 Å². The van der Waals surface area contributed by atoms with Gasteiger partial charge in [0.05, 0.1) is 5.69 Å². The molecule has 0 unspecified atom stereocenters. The molecule has 0 spiro atoms. The third-order valence-corrected chi connectivity index (χ3v) is 5.30. The van der Waals surface area contributed by atoms with Crippen molar-refractivity contribution in [1.82, 2.24) is 4.31 Å². The minimum atomic E-state index is -3.59. The molecule has 1 fully saturated rings. The van der Waals surface area contributed by atoms with Crippen LogP contribution in [0.25, 0.3) is 0 Å². The van der Waals surface area contributed by atoms with Crippen molar-refractivity contribution in [2.75, 3.05) is 18.8 Å². The minimum Gasteiger partial charge on any atom is -0.398 e. The van der Waals surface area contributed by atoms with Gasteiger partial charge in [-0.1, -0.05) is 6.92 Å². The summed E-state index contributed by atoms with van der Waals surface area (Å²) in [6.07, 6.45) is 1.70. The molecule has 2 N–H and O–H groups in total. The number of anilines is 1. The molecule has 1 aromatic carbocycles. The third kappa shape index (κ3) is 2.49. The summed E-state index contributed by atoms with van der Waals surface area (Å²) in [5.41, 5.74) is 5.56. The van der Waals surface area contributed by atoms with Gasteiger partial charge in [-0.15, -0.1) is 0 Å². The lowest BCUT2D eigenvalue weighted by Gasteiger charge is -2.29. The Balaban J connectivity index is 2.30. The second-order valence-corrected chi connectivity index (χ2v) is 6.68. The van der Waals surface area contributed by atoms with Gasteiger partial charge in [-0.2, -0.15) is 4.31 Å². The molecule has 18 heavy (non-hydrogen) atoms. The van der Waals surface area contributed by atoms with Crippen LogP contribution in [0.15, 0.2) is 23.1 Å². The summed E-state index contributed by atoms with van der Waals surface area (Å²) < 4.78 is 39.1. The van der Waals surface area contributed by atoms with E-state index in [4.69, 9.17) is 5.73 Å². The van der Waals surface area contributed by atoms with E-state index in [1.54, 1.807) is 0 Å². The molecule has 0 bridgehead atoms. The van der Waals surface area contributed by atoms with Gasteiger partial charge >= 0.3 is 0 Å². The summed E-state index contributed by atoms with van der Waals surface area (Å²) in [5.74, 6) is 0.0146. The number of nitrogens with two attached hydrogens (primary N) is 1. The highest BCUT2D eigenvalue weighted by atomic mass is 32.2. The summed E-state index contributed by atoms with van der Waals surface area (Å²) in [7, 11) is -3.59. The molecule has 0 atom stereocenters. The third-order valence-electron chi connectivity index (χ3n) is 3.33. The molecular formula is C12H17FN2O2S. The number of hydrogen-bond donors (Lipinski definition) is 1. The van der Waals surface area contributed by atoms with E-state index < -0.39 is 15.8 Å². The van der Waals surface area contributed by atoms with Gasteiger partial charge in [0.25, 0.3) is 0 Å². The van der Waals surface area contributed by atoms with Crippen molar-refractivity contribution >= 4 is 15.7 Å². The van der Waals surface area contributed by atoms with E-state index in [9.17, 15) is 12.8 Å². The Bertz CT molecular complexity index is 537. The number of benzene rings is 1. The van der Waals surface area contributed by atoms with E-state index in [0.29, 0.717) is 19.0 Å². The Kier molecular flexibility index (Phi) is 3.59. The fourth-order valence-electron chi connectivity index (χ4n) is 2.12. The Morgan fingerprint density at radius 1 is 1.33 bits per heavy atom. The largest absolute Gasteiger partial charge is 0.398 e. The van der Waals surface area contributed by atoms with Crippen molar-refractivity contribution < 1.29 is 12.8 Å². The molecule has 0 aromatic heterocycles. The van der Waals surface area contributed by atoms with E-state index >= 15 is 0 Å². The van der Waals surface area contributed by atoms with Gasteiger partial charge in [-0.25, -0.2) is 12.8 Å². The first-order chi connectivity index (χ1) is 8.41. The van der Waals surface area contributed by atoms with Gasteiger partial charge in [0.15, 0.2) is 0 Å². The maximum atomic E-state index is 12.9. The molecule has 1 aliphatic heterocycles. The van der Waals surface area contributed by atoms with E-state index in [2.05, 4.69) is 6.92 Å². The second-order valence-electron chi connectivity index (χ2n) is 4.77. The zero-order chi connectivity index (χ0) is 13.3. The second kappa shape index (κ2) is 4.85. The van der Waals surface area contributed by atoms with Crippen molar-refractivity contribution in [3.8, 4) is 0 Å². The van der Waals surface area contributed by atoms with Crippen LogP contribution in [-0.4, -0.2) is 25.8 Å². The number of rotatable bonds is 2. The first kappa shape index (κ1) is 13.3. The molecule has 1 heterocycles. The molecule has 2 rings (SSSR count). The molecule has 1 saturated heterocycles. The summed E-state index contributed by atoms with van der Waals surface area (Å²) >= 11 is 0. The average Bonchev–Trinajstić information content (AvgIpc) is 2.29. The molecule has 4 nitrogen and oxygen atoms in total. The van der Waals surface area contributed by atoms with Crippen LogP contribution in [0.3, 0.4) is 0 Å². The maximum absolute atomic E-state index is 12.9. The summed E-state index contributed by atoms with van der Waals surface area (Å²) in [6, 6.07) is 3.40. The fraction of sp³-hybridized carbons (Fsp3) is 0.500. The van der Waals surface area contributed by atoms with Gasteiger partial charge in [-0.3, -0.25) is 0 Å². The Labute approximate surface area is 107 Å². The topological polar surface area (TPSA) is 63.4 Å². The number of halogens is 1. The smallest absolute Gasteiger partial charge is 0.245 e. The maximum Gasteiger partial charge on any atom is 0.245 e. The van der Waals surface area contributed by atoms with Crippen molar-refractivity contribution in [2.45, 2.75) is 24.7 Å². The monoisotopic (exact) mass is 272 g/mol. The van der Waals surface area contributed by atoms with Crippen LogP contribution in [0.1, 0.15) is 19.8 Å². The molecule has 0 saturated carbocycles. The summed E-state index contributed by atoms with van der Waals surface area (Å²) in [4.78, 5) is -0.00143. The van der Waals surface area contributed by atoms with Crippen LogP contribution in [0.5, 0.6) is 0 Å². The molecule has 0 amide bonds. The van der Waals surface area contributed by atoms with Crippen LogP contribution >= 0.6 is 0 Å². The highest BCUT2D eigenvalue weighted by Crippen LogP contribution is 2.27. The van der Waals surface area contributed by atoms with Crippen molar-refractivity contribution in [1.29, 1.82) is 0 Å². The van der Waals surface area contributed by atoms with Crippen LogP contribution in [0.4, 0.5) is 10.1 Å². The first-order valence-corrected chi connectivity index (χ1v) is 7.40. The van der Waals surface area contributed by atoms with Crippen molar-refractivity contribution in [3.05, 3.63) is 24.0 Å². The van der Waals surface area contributed by atoms with Gasteiger partial charge in [0.1, 0.15) is 10.7 Å². The SMILES string of the molecule is CC1CCN(S(=O)(=O)c2ccc(F)cc2N)CC1. The highest BCUT2D eigenvalue weighted by Gasteiger charge is 2.29. The van der Waals surface area contributed by atoms with Crippen LogP contribution < -0.4 is 5.73 Å². The molecular weight excluding hydrogens is 255 g/mol. The quantitative estimate of drug-likeness (QED) is 0.835. The average molecular weight is 272 g/mol. The van der Waals surface area contributed by atoms with E-state index in [0.717, 1.165) is 25.0 Å². The fourth-order valence-corrected chi connectivity index (χ4v) is 3.69. The van der Waals surface area contributed by atoms with Gasteiger partial charge < -0.3 is 5.73 Å². The van der Waals surface area contributed by atoms with E-state index in [1.165, 1.54) is 10.4 Å². The first-order valence-electron chi connectivity index (χ1n) is 5.96. The lowest BCUT2D eigenvalue weighted by molar-refractivity contribution is 0.288. The molecule has 6 heteroatoms. The number of piperidine rings is 1. The van der Waals surface area contributed by atoms with Gasteiger partial charge in [-0.05, 0) is 37.0 Å².